The van der Waals surface area contributed by atoms with E-state index in [9.17, 15) is 9.59 Å². The number of aromatic amines is 1. The monoisotopic (exact) mass is 457 g/mol. The molecule has 2 amide bonds. The summed E-state index contributed by atoms with van der Waals surface area (Å²) in [6, 6.07) is 8.34. The summed E-state index contributed by atoms with van der Waals surface area (Å²) in [7, 11) is 0. The lowest BCUT2D eigenvalue weighted by atomic mass is 9.95. The van der Waals surface area contributed by atoms with E-state index >= 15 is 0 Å². The van der Waals surface area contributed by atoms with E-state index < -0.39 is 12.1 Å². The summed E-state index contributed by atoms with van der Waals surface area (Å²) >= 11 is 1.66. The van der Waals surface area contributed by atoms with Gasteiger partial charge in [-0.3, -0.25) is 9.59 Å². The number of amides is 2. The van der Waals surface area contributed by atoms with Crippen LogP contribution >= 0.6 is 11.8 Å². The van der Waals surface area contributed by atoms with Gasteiger partial charge < -0.3 is 15.5 Å². The highest BCUT2D eigenvalue weighted by atomic mass is 32.2. The Kier molecular flexibility index (Phi) is 6.80. The first-order chi connectivity index (χ1) is 15.4. The predicted molar refractivity (Wildman–Crippen MR) is 122 cm³/mol. The van der Waals surface area contributed by atoms with Gasteiger partial charge in [-0.15, -0.1) is 22.0 Å². The zero-order valence-corrected chi connectivity index (χ0v) is 19.6. The van der Waals surface area contributed by atoms with Gasteiger partial charge in [-0.05, 0) is 32.4 Å². The molecule has 3 N–H and O–H groups in total. The number of hydrogen-bond acceptors (Lipinski definition) is 7. The fourth-order valence-corrected chi connectivity index (χ4v) is 6.12. The lowest BCUT2D eigenvalue weighted by molar-refractivity contribution is -0.152. The minimum atomic E-state index is -0.559. The highest BCUT2D eigenvalue weighted by Gasteiger charge is 2.63. The van der Waals surface area contributed by atoms with E-state index in [1.807, 2.05) is 30.3 Å². The van der Waals surface area contributed by atoms with Gasteiger partial charge in [0.15, 0.2) is 5.82 Å². The molecule has 3 unspecified atom stereocenters. The maximum absolute atomic E-state index is 13.3. The third-order valence-electron chi connectivity index (χ3n) is 6.12. The van der Waals surface area contributed by atoms with Crippen LogP contribution in [0.3, 0.4) is 0 Å². The third kappa shape index (κ3) is 4.38. The molecule has 4 atom stereocenters. The smallest absolute Gasteiger partial charge is 0.249 e. The molecule has 2 fully saturated rings. The average molecular weight is 458 g/mol. The van der Waals surface area contributed by atoms with Gasteiger partial charge in [0, 0.05) is 4.75 Å². The van der Waals surface area contributed by atoms with E-state index in [2.05, 4.69) is 52.0 Å². The number of β-lactam (4-membered cyclic amide) rings is 1. The highest BCUT2D eigenvalue weighted by Crippen LogP contribution is 2.56. The maximum Gasteiger partial charge on any atom is 0.249 e. The van der Waals surface area contributed by atoms with Crippen LogP contribution in [0, 0.1) is 0 Å². The average Bonchev–Trinajstić information content (AvgIpc) is 3.39. The van der Waals surface area contributed by atoms with E-state index in [4.69, 9.17) is 0 Å². The Hall–Kier alpha value is -2.46. The summed E-state index contributed by atoms with van der Waals surface area (Å²) in [6.07, 6.45) is 4.50. The summed E-state index contributed by atoms with van der Waals surface area (Å²) in [5, 5.41) is 20.6. The number of hydrogen-bond donors (Lipinski definition) is 3. The largest absolute Gasteiger partial charge is 0.340 e. The second-order valence-corrected chi connectivity index (χ2v) is 10.6. The molecule has 2 aliphatic heterocycles. The van der Waals surface area contributed by atoms with Crippen molar-refractivity contribution >= 4 is 23.6 Å². The van der Waals surface area contributed by atoms with Gasteiger partial charge >= 0.3 is 0 Å². The Labute approximate surface area is 192 Å². The van der Waals surface area contributed by atoms with Crippen molar-refractivity contribution in [1.29, 1.82) is 0 Å². The molecule has 4 rings (SSSR count). The molecule has 9 nitrogen and oxygen atoms in total. The molecular formula is C22H31N7O2S. The molecule has 0 bridgehead atoms. The molecule has 2 aromatic rings. The lowest BCUT2D eigenvalue weighted by Gasteiger charge is -2.44. The summed E-state index contributed by atoms with van der Waals surface area (Å²) in [5.74, 6) is 0.219. The zero-order valence-electron chi connectivity index (χ0n) is 18.7. The number of carbonyl (C=O) groups excluding carboxylic acids is 2. The van der Waals surface area contributed by atoms with Crippen LogP contribution in [-0.2, 0) is 9.59 Å². The molecule has 0 saturated carbocycles. The first-order valence-corrected chi connectivity index (χ1v) is 12.1. The topological polar surface area (TPSA) is 116 Å². The fraction of sp³-hybridized carbons (Fsp3) is 0.591. The van der Waals surface area contributed by atoms with Crippen LogP contribution in [-0.4, -0.2) is 60.0 Å². The van der Waals surface area contributed by atoms with Crippen LogP contribution in [0.2, 0.25) is 0 Å². The number of nitrogens with one attached hydrogen (secondary N) is 3. The van der Waals surface area contributed by atoms with Crippen molar-refractivity contribution in [1.82, 2.24) is 36.2 Å². The van der Waals surface area contributed by atoms with Crippen LogP contribution in [0.25, 0.3) is 0 Å². The number of unbranched alkanes of at least 4 members (excludes halogenated alkanes) is 3. The lowest BCUT2D eigenvalue weighted by Crippen LogP contribution is -2.68. The number of thioether (sulfide) groups is 1. The minimum absolute atomic E-state index is 0.106. The number of nitrogens with zero attached hydrogens (tertiary/aromatic N) is 4. The Balaban J connectivity index is 1.44. The second kappa shape index (κ2) is 9.58. The van der Waals surface area contributed by atoms with Crippen molar-refractivity contribution in [2.75, 3.05) is 6.54 Å². The van der Waals surface area contributed by atoms with E-state index in [-0.39, 0.29) is 28.0 Å². The van der Waals surface area contributed by atoms with Gasteiger partial charge in [-0.1, -0.05) is 61.7 Å². The molecule has 0 spiro atoms. The standard InChI is InChI=1S/C22H31N7O2S/c1-4-5-6-10-13-23-15(14-11-8-7-9-12-14)19(30)24-16-20(31)29-17(18-25-27-28-26-18)22(2,3)32-21(16)29/h7-9,11-12,15-17,21,23H,4-6,10,13H2,1-3H3,(H,24,30)(H,25,26,27,28)/t15?,16?,17?,21-/m0/s1. The highest BCUT2D eigenvalue weighted by molar-refractivity contribution is 8.01. The van der Waals surface area contributed by atoms with Gasteiger partial charge in [0.05, 0.1) is 0 Å². The minimum Gasteiger partial charge on any atom is -0.340 e. The molecule has 2 saturated heterocycles. The second-order valence-electron chi connectivity index (χ2n) is 8.87. The molecule has 1 aromatic carbocycles. The van der Waals surface area contributed by atoms with Crippen LogP contribution in [0.5, 0.6) is 0 Å². The van der Waals surface area contributed by atoms with Gasteiger partial charge in [0.2, 0.25) is 11.8 Å². The summed E-state index contributed by atoms with van der Waals surface area (Å²) < 4.78 is -0.292. The Bertz CT molecular complexity index is 922. The maximum atomic E-state index is 13.3. The first kappa shape index (κ1) is 22.7. The molecule has 172 valence electrons. The van der Waals surface area contributed by atoms with Gasteiger partial charge in [-0.2, -0.15) is 5.21 Å². The van der Waals surface area contributed by atoms with E-state index in [0.717, 1.165) is 24.9 Å². The van der Waals surface area contributed by atoms with E-state index in [1.54, 1.807) is 16.7 Å². The number of rotatable bonds is 10. The Morgan fingerprint density at radius 2 is 2.03 bits per heavy atom. The van der Waals surface area contributed by atoms with Crippen molar-refractivity contribution in [3.63, 3.8) is 0 Å². The van der Waals surface area contributed by atoms with Crippen molar-refractivity contribution in [3.8, 4) is 0 Å². The molecule has 1 aromatic heterocycles. The number of benzene rings is 1. The van der Waals surface area contributed by atoms with Crippen molar-refractivity contribution in [2.24, 2.45) is 0 Å². The number of aromatic nitrogens is 4. The summed E-state index contributed by atoms with van der Waals surface area (Å²) in [6.45, 7) is 7.06. The van der Waals surface area contributed by atoms with Gasteiger partial charge in [0.25, 0.3) is 0 Å². The van der Waals surface area contributed by atoms with Crippen LogP contribution in [0.15, 0.2) is 30.3 Å². The molecular weight excluding hydrogens is 426 g/mol. The molecule has 3 heterocycles. The molecule has 0 aliphatic carbocycles. The van der Waals surface area contributed by atoms with E-state index in [1.165, 1.54) is 12.8 Å². The molecule has 32 heavy (non-hydrogen) atoms. The number of tetrazole rings is 1. The Morgan fingerprint density at radius 1 is 1.25 bits per heavy atom. The van der Waals surface area contributed by atoms with E-state index in [0.29, 0.717) is 5.82 Å². The normalized spacial score (nSPS) is 24.7. The van der Waals surface area contributed by atoms with Crippen LogP contribution in [0.1, 0.15) is 69.9 Å². The predicted octanol–water partition coefficient (Wildman–Crippen LogP) is 2.33. The number of carbonyl (C=O) groups is 2. The first-order valence-electron chi connectivity index (χ1n) is 11.3. The molecule has 10 heteroatoms. The third-order valence-corrected chi connectivity index (χ3v) is 7.69. The molecule has 0 radical (unpaired) electrons. The summed E-state index contributed by atoms with van der Waals surface area (Å²) in [5.41, 5.74) is 0.896. The van der Waals surface area contributed by atoms with Gasteiger partial charge in [0.1, 0.15) is 23.5 Å². The number of H-pyrrole nitrogens is 1. The Morgan fingerprint density at radius 3 is 2.72 bits per heavy atom. The zero-order chi connectivity index (χ0) is 22.7. The van der Waals surface area contributed by atoms with Crippen LogP contribution < -0.4 is 10.6 Å². The van der Waals surface area contributed by atoms with Crippen LogP contribution in [0.4, 0.5) is 0 Å². The SMILES string of the molecule is CCCCCCNC(C(=O)NC1C(=O)N2C(c3nn[nH]n3)C(C)(C)S[C@@H]12)c1ccccc1. The molecule has 2 aliphatic rings. The quantitative estimate of drug-likeness (QED) is 0.370. The summed E-state index contributed by atoms with van der Waals surface area (Å²) in [4.78, 5) is 28.1. The fourth-order valence-electron chi connectivity index (χ4n) is 4.49. The van der Waals surface area contributed by atoms with Crippen molar-refractivity contribution in [3.05, 3.63) is 41.7 Å². The van der Waals surface area contributed by atoms with Crippen molar-refractivity contribution in [2.45, 2.75) is 74.7 Å². The number of fused-ring (bicyclic) bond motifs is 1. The van der Waals surface area contributed by atoms with Gasteiger partial charge in [-0.25, -0.2) is 0 Å². The van der Waals surface area contributed by atoms with Crippen molar-refractivity contribution < 1.29 is 9.59 Å².